The zero-order valence-electron chi connectivity index (χ0n) is 9.53. The van der Waals surface area contributed by atoms with Gasteiger partial charge in [-0.1, -0.05) is 0 Å². The number of hydrogen-bond donors (Lipinski definition) is 3. The molecule has 1 aliphatic rings. The normalized spacial score (nSPS) is 26.4. The van der Waals surface area contributed by atoms with Crippen LogP contribution in [0.2, 0.25) is 0 Å². The first kappa shape index (κ1) is 12.9. The van der Waals surface area contributed by atoms with Crippen molar-refractivity contribution in [3.63, 3.8) is 0 Å². The summed E-state index contributed by atoms with van der Waals surface area (Å²) >= 11 is 0. The van der Waals surface area contributed by atoms with Crippen LogP contribution in [-0.2, 0) is 14.3 Å². The lowest BCUT2D eigenvalue weighted by molar-refractivity contribution is -0.137. The minimum atomic E-state index is -0.916. The number of carbonyl (C=O) groups is 2. The lowest BCUT2D eigenvalue weighted by atomic mass is 10.0. The van der Waals surface area contributed by atoms with Crippen molar-refractivity contribution in [1.82, 2.24) is 10.6 Å². The van der Waals surface area contributed by atoms with Crippen LogP contribution < -0.4 is 10.6 Å². The van der Waals surface area contributed by atoms with Crippen molar-refractivity contribution in [3.8, 4) is 0 Å². The molecule has 0 saturated carbocycles. The van der Waals surface area contributed by atoms with Gasteiger partial charge < -0.3 is 20.5 Å². The zero-order valence-corrected chi connectivity index (χ0v) is 9.53. The fraction of sp³-hybridized carbons (Fsp3) is 0.800. The summed E-state index contributed by atoms with van der Waals surface area (Å²) in [6, 6.07) is -0.347. The smallest absolute Gasteiger partial charge is 0.305 e. The summed E-state index contributed by atoms with van der Waals surface area (Å²) in [5.41, 5.74) is 0. The van der Waals surface area contributed by atoms with E-state index in [-0.39, 0.29) is 30.3 Å². The monoisotopic (exact) mass is 230 g/mol. The van der Waals surface area contributed by atoms with E-state index in [1.807, 2.05) is 0 Å². The molecule has 1 fully saturated rings. The molecule has 3 N–H and O–H groups in total. The summed E-state index contributed by atoms with van der Waals surface area (Å²) in [4.78, 5) is 22.2. The summed E-state index contributed by atoms with van der Waals surface area (Å²) in [7, 11) is 1.78. The van der Waals surface area contributed by atoms with Crippen molar-refractivity contribution >= 4 is 11.9 Å². The zero-order chi connectivity index (χ0) is 12.1. The first-order chi connectivity index (χ1) is 7.54. The molecule has 1 amide bonds. The van der Waals surface area contributed by atoms with Gasteiger partial charge in [0, 0.05) is 12.1 Å². The predicted molar refractivity (Wildman–Crippen MR) is 57.0 cm³/mol. The van der Waals surface area contributed by atoms with Crippen molar-refractivity contribution < 1.29 is 19.4 Å². The van der Waals surface area contributed by atoms with Crippen molar-refractivity contribution in [2.75, 3.05) is 20.3 Å². The molecule has 0 aromatic heterocycles. The van der Waals surface area contributed by atoms with Crippen molar-refractivity contribution in [3.05, 3.63) is 0 Å². The number of rotatable bonds is 5. The molecule has 0 aromatic carbocycles. The molecule has 1 heterocycles. The summed E-state index contributed by atoms with van der Waals surface area (Å²) in [5, 5.41) is 14.3. The van der Waals surface area contributed by atoms with Crippen LogP contribution in [0.3, 0.4) is 0 Å². The van der Waals surface area contributed by atoms with Crippen LogP contribution >= 0.6 is 0 Å². The Morgan fingerprint density at radius 1 is 1.50 bits per heavy atom. The second-order valence-corrected chi connectivity index (χ2v) is 4.05. The number of carbonyl (C=O) groups excluding carboxylic acids is 1. The Labute approximate surface area is 94.3 Å². The molecule has 3 unspecified atom stereocenters. The van der Waals surface area contributed by atoms with Gasteiger partial charge in [0.05, 0.1) is 25.6 Å². The fourth-order valence-electron chi connectivity index (χ4n) is 1.76. The number of ether oxygens (including phenoxy) is 1. The van der Waals surface area contributed by atoms with Gasteiger partial charge in [-0.2, -0.15) is 0 Å². The first-order valence-electron chi connectivity index (χ1n) is 5.31. The SMILES string of the molecule is CNC1COCC1C(=O)NC(C)CC(=O)O. The number of nitrogens with one attached hydrogen (secondary N) is 2. The van der Waals surface area contributed by atoms with E-state index in [0.29, 0.717) is 13.2 Å². The minimum absolute atomic E-state index is 0.0111. The average molecular weight is 230 g/mol. The summed E-state index contributed by atoms with van der Waals surface area (Å²) in [6.45, 7) is 2.58. The van der Waals surface area contributed by atoms with Crippen LogP contribution in [0.5, 0.6) is 0 Å². The van der Waals surface area contributed by atoms with Gasteiger partial charge in [0.2, 0.25) is 5.91 Å². The maximum absolute atomic E-state index is 11.8. The molecule has 16 heavy (non-hydrogen) atoms. The third-order valence-electron chi connectivity index (χ3n) is 2.66. The number of hydrogen-bond acceptors (Lipinski definition) is 4. The van der Waals surface area contributed by atoms with Crippen LogP contribution in [0.15, 0.2) is 0 Å². The Bertz CT molecular complexity index is 270. The van der Waals surface area contributed by atoms with Gasteiger partial charge in [-0.15, -0.1) is 0 Å². The third-order valence-corrected chi connectivity index (χ3v) is 2.66. The largest absolute Gasteiger partial charge is 0.481 e. The topological polar surface area (TPSA) is 87.7 Å². The molecule has 1 rings (SSSR count). The number of carboxylic acid groups (broad SMARTS) is 1. The second-order valence-electron chi connectivity index (χ2n) is 4.05. The molecular weight excluding hydrogens is 212 g/mol. The van der Waals surface area contributed by atoms with Crippen molar-refractivity contribution in [2.24, 2.45) is 5.92 Å². The number of likely N-dealkylation sites (N-methyl/N-ethyl adjacent to an activating group) is 1. The second kappa shape index (κ2) is 5.81. The molecule has 6 heteroatoms. The molecule has 0 spiro atoms. The molecule has 0 aromatic rings. The molecule has 6 nitrogen and oxygen atoms in total. The molecule has 0 radical (unpaired) electrons. The summed E-state index contributed by atoms with van der Waals surface area (Å²) < 4.78 is 5.20. The molecule has 1 saturated heterocycles. The van der Waals surface area contributed by atoms with E-state index in [0.717, 1.165) is 0 Å². The van der Waals surface area contributed by atoms with Gasteiger partial charge >= 0.3 is 5.97 Å². The van der Waals surface area contributed by atoms with Gasteiger partial charge in [0.25, 0.3) is 0 Å². The van der Waals surface area contributed by atoms with Gasteiger partial charge in [-0.25, -0.2) is 0 Å². The highest BCUT2D eigenvalue weighted by atomic mass is 16.5. The highest BCUT2D eigenvalue weighted by Crippen LogP contribution is 2.13. The van der Waals surface area contributed by atoms with Gasteiger partial charge in [0.1, 0.15) is 0 Å². The minimum Gasteiger partial charge on any atom is -0.481 e. The van der Waals surface area contributed by atoms with Crippen LogP contribution in [-0.4, -0.2) is 49.3 Å². The lowest BCUT2D eigenvalue weighted by Crippen LogP contribution is -2.45. The highest BCUT2D eigenvalue weighted by Gasteiger charge is 2.33. The Morgan fingerprint density at radius 2 is 2.19 bits per heavy atom. The number of aliphatic carboxylic acids is 1. The van der Waals surface area contributed by atoms with Crippen LogP contribution in [0, 0.1) is 5.92 Å². The standard InChI is InChI=1S/C10H18N2O4/c1-6(3-9(13)14)12-10(15)7-4-16-5-8(7)11-2/h6-8,11H,3-5H2,1-2H3,(H,12,15)(H,13,14). The molecule has 0 aliphatic carbocycles. The Balaban J connectivity index is 2.42. The van der Waals surface area contributed by atoms with Crippen LogP contribution in [0.1, 0.15) is 13.3 Å². The maximum atomic E-state index is 11.8. The van der Waals surface area contributed by atoms with E-state index < -0.39 is 5.97 Å². The number of amides is 1. The maximum Gasteiger partial charge on any atom is 0.305 e. The predicted octanol–water partition coefficient (Wildman–Crippen LogP) is -0.800. The summed E-state index contributed by atoms with van der Waals surface area (Å²) in [6.07, 6.45) is -0.0659. The summed E-state index contributed by atoms with van der Waals surface area (Å²) in [5.74, 6) is -1.30. The Kier molecular flexibility index (Phi) is 4.70. The van der Waals surface area contributed by atoms with E-state index in [2.05, 4.69) is 10.6 Å². The van der Waals surface area contributed by atoms with Crippen molar-refractivity contribution in [2.45, 2.75) is 25.4 Å². The molecule has 92 valence electrons. The van der Waals surface area contributed by atoms with Crippen molar-refractivity contribution in [1.29, 1.82) is 0 Å². The molecule has 3 atom stereocenters. The quantitative estimate of drug-likeness (QED) is 0.575. The number of carboxylic acids is 1. The van der Waals surface area contributed by atoms with Crippen LogP contribution in [0.4, 0.5) is 0 Å². The van der Waals surface area contributed by atoms with E-state index in [9.17, 15) is 9.59 Å². The van der Waals surface area contributed by atoms with E-state index in [1.165, 1.54) is 0 Å². The highest BCUT2D eigenvalue weighted by molar-refractivity contribution is 5.80. The first-order valence-corrected chi connectivity index (χ1v) is 5.31. The van der Waals surface area contributed by atoms with E-state index in [4.69, 9.17) is 9.84 Å². The molecule has 0 bridgehead atoms. The van der Waals surface area contributed by atoms with Crippen LogP contribution in [0.25, 0.3) is 0 Å². The van der Waals surface area contributed by atoms with Gasteiger partial charge in [-0.3, -0.25) is 9.59 Å². The lowest BCUT2D eigenvalue weighted by Gasteiger charge is -2.19. The Hall–Kier alpha value is -1.14. The van der Waals surface area contributed by atoms with E-state index in [1.54, 1.807) is 14.0 Å². The Morgan fingerprint density at radius 3 is 2.75 bits per heavy atom. The molecule has 1 aliphatic heterocycles. The van der Waals surface area contributed by atoms with Gasteiger partial charge in [-0.05, 0) is 14.0 Å². The fourth-order valence-corrected chi connectivity index (χ4v) is 1.76. The average Bonchev–Trinajstić information content (AvgIpc) is 2.63. The van der Waals surface area contributed by atoms with E-state index >= 15 is 0 Å². The van der Waals surface area contributed by atoms with Gasteiger partial charge in [0.15, 0.2) is 0 Å². The molecular formula is C10H18N2O4. The third kappa shape index (κ3) is 3.46.